The number of carbonyl (C=O) groups is 1. The molecule has 1 unspecified atom stereocenters. The fraction of sp³-hybridized carbons (Fsp3) is 0.300. The second-order valence-electron chi connectivity index (χ2n) is 3.29. The maximum absolute atomic E-state index is 11.2. The standard InChI is InChI=1S/C10H11ClN2O/c1-2-8-7-5-6(11)3-4-9(7)13-10(14)12-8/h3-5,8H,2H2,1H3,(H2,12,13,14). The Morgan fingerprint density at radius 2 is 2.29 bits per heavy atom. The number of nitrogens with one attached hydrogen (secondary N) is 2. The van der Waals surface area contributed by atoms with E-state index in [9.17, 15) is 4.79 Å². The van der Waals surface area contributed by atoms with Gasteiger partial charge in [-0.15, -0.1) is 0 Å². The molecule has 1 aliphatic rings. The summed E-state index contributed by atoms with van der Waals surface area (Å²) in [5, 5.41) is 6.28. The molecule has 3 nitrogen and oxygen atoms in total. The van der Waals surface area contributed by atoms with Crippen LogP contribution in [-0.4, -0.2) is 6.03 Å². The highest BCUT2D eigenvalue weighted by Crippen LogP contribution is 2.30. The summed E-state index contributed by atoms with van der Waals surface area (Å²) in [6.45, 7) is 2.03. The average molecular weight is 211 g/mol. The first kappa shape index (κ1) is 9.34. The molecule has 0 bridgehead atoms. The van der Waals surface area contributed by atoms with Gasteiger partial charge >= 0.3 is 6.03 Å². The van der Waals surface area contributed by atoms with Crippen LogP contribution in [0.5, 0.6) is 0 Å². The van der Waals surface area contributed by atoms with Crippen molar-refractivity contribution in [1.82, 2.24) is 5.32 Å². The number of fused-ring (bicyclic) bond motifs is 1. The van der Waals surface area contributed by atoms with Crippen molar-refractivity contribution >= 4 is 23.3 Å². The zero-order chi connectivity index (χ0) is 10.1. The highest BCUT2D eigenvalue weighted by Gasteiger charge is 2.22. The van der Waals surface area contributed by atoms with Crippen LogP contribution in [0.15, 0.2) is 18.2 Å². The Morgan fingerprint density at radius 1 is 1.50 bits per heavy atom. The van der Waals surface area contributed by atoms with E-state index in [0.29, 0.717) is 5.02 Å². The Morgan fingerprint density at radius 3 is 3.00 bits per heavy atom. The van der Waals surface area contributed by atoms with Gasteiger partial charge in [0.05, 0.1) is 6.04 Å². The summed E-state index contributed by atoms with van der Waals surface area (Å²) in [5.41, 5.74) is 1.91. The molecular weight excluding hydrogens is 200 g/mol. The molecule has 0 fully saturated rings. The SMILES string of the molecule is CCC1NC(=O)Nc2ccc(Cl)cc21. The Kier molecular flexibility index (Phi) is 2.33. The molecule has 2 rings (SSSR count). The van der Waals surface area contributed by atoms with Crippen LogP contribution in [0.4, 0.5) is 10.5 Å². The molecule has 14 heavy (non-hydrogen) atoms. The van der Waals surface area contributed by atoms with E-state index in [4.69, 9.17) is 11.6 Å². The van der Waals surface area contributed by atoms with Crippen LogP contribution in [0.3, 0.4) is 0 Å². The lowest BCUT2D eigenvalue weighted by Gasteiger charge is -2.26. The van der Waals surface area contributed by atoms with Gasteiger partial charge in [0.15, 0.2) is 0 Å². The topological polar surface area (TPSA) is 41.1 Å². The second kappa shape index (κ2) is 3.50. The maximum Gasteiger partial charge on any atom is 0.319 e. The fourth-order valence-electron chi connectivity index (χ4n) is 1.65. The maximum atomic E-state index is 11.2. The van der Waals surface area contributed by atoms with Crippen molar-refractivity contribution in [3.8, 4) is 0 Å². The first-order valence-electron chi connectivity index (χ1n) is 4.57. The summed E-state index contributed by atoms with van der Waals surface area (Å²) in [6, 6.07) is 5.42. The molecule has 1 aromatic rings. The summed E-state index contributed by atoms with van der Waals surface area (Å²) in [7, 11) is 0. The number of benzene rings is 1. The molecule has 2 N–H and O–H groups in total. The molecule has 1 atom stereocenters. The molecular formula is C10H11ClN2O. The number of carbonyl (C=O) groups excluding carboxylic acids is 1. The van der Waals surface area contributed by atoms with Crippen LogP contribution >= 0.6 is 11.6 Å². The quantitative estimate of drug-likeness (QED) is 0.735. The zero-order valence-corrected chi connectivity index (χ0v) is 8.56. The number of halogens is 1. The van der Waals surface area contributed by atoms with E-state index < -0.39 is 0 Å². The van der Waals surface area contributed by atoms with Crippen molar-refractivity contribution in [2.24, 2.45) is 0 Å². The number of amides is 2. The van der Waals surface area contributed by atoms with Gasteiger partial charge in [-0.05, 0) is 30.2 Å². The molecule has 0 aliphatic carbocycles. The summed E-state index contributed by atoms with van der Waals surface area (Å²) in [4.78, 5) is 11.2. The normalized spacial score (nSPS) is 19.6. The summed E-state index contributed by atoms with van der Waals surface area (Å²) in [5.74, 6) is 0. The van der Waals surface area contributed by atoms with Gasteiger partial charge in [0, 0.05) is 10.7 Å². The van der Waals surface area contributed by atoms with Crippen molar-refractivity contribution in [3.05, 3.63) is 28.8 Å². The highest BCUT2D eigenvalue weighted by molar-refractivity contribution is 6.30. The van der Waals surface area contributed by atoms with E-state index in [1.807, 2.05) is 19.1 Å². The van der Waals surface area contributed by atoms with Crippen LogP contribution in [0, 0.1) is 0 Å². The number of hydrogen-bond donors (Lipinski definition) is 2. The minimum atomic E-state index is -0.147. The lowest BCUT2D eigenvalue weighted by molar-refractivity contribution is 0.247. The smallest absolute Gasteiger partial charge is 0.319 e. The van der Waals surface area contributed by atoms with Crippen LogP contribution < -0.4 is 10.6 Å². The van der Waals surface area contributed by atoms with Crippen molar-refractivity contribution in [3.63, 3.8) is 0 Å². The van der Waals surface area contributed by atoms with Gasteiger partial charge < -0.3 is 10.6 Å². The zero-order valence-electron chi connectivity index (χ0n) is 7.80. The third-order valence-electron chi connectivity index (χ3n) is 2.35. The molecule has 0 spiro atoms. The summed E-state index contributed by atoms with van der Waals surface area (Å²) in [6.07, 6.45) is 0.862. The Hall–Kier alpha value is -1.22. The van der Waals surface area contributed by atoms with Crippen LogP contribution in [0.1, 0.15) is 24.9 Å². The van der Waals surface area contributed by atoms with Crippen LogP contribution in [-0.2, 0) is 0 Å². The minimum absolute atomic E-state index is 0.0671. The third kappa shape index (κ3) is 1.55. The van der Waals surface area contributed by atoms with E-state index >= 15 is 0 Å². The monoisotopic (exact) mass is 210 g/mol. The lowest BCUT2D eigenvalue weighted by atomic mass is 10.0. The van der Waals surface area contributed by atoms with Gasteiger partial charge in [-0.3, -0.25) is 0 Å². The van der Waals surface area contributed by atoms with Gasteiger partial charge in [0.2, 0.25) is 0 Å². The van der Waals surface area contributed by atoms with E-state index in [2.05, 4.69) is 10.6 Å². The third-order valence-corrected chi connectivity index (χ3v) is 2.59. The molecule has 74 valence electrons. The average Bonchev–Trinajstić information content (AvgIpc) is 2.17. The first-order valence-corrected chi connectivity index (χ1v) is 4.95. The highest BCUT2D eigenvalue weighted by atomic mass is 35.5. The summed E-state index contributed by atoms with van der Waals surface area (Å²) >= 11 is 5.89. The van der Waals surface area contributed by atoms with Crippen molar-refractivity contribution in [2.75, 3.05) is 5.32 Å². The Labute approximate surface area is 87.4 Å². The van der Waals surface area contributed by atoms with Crippen LogP contribution in [0.25, 0.3) is 0 Å². The van der Waals surface area contributed by atoms with Gasteiger partial charge in [-0.25, -0.2) is 4.79 Å². The van der Waals surface area contributed by atoms with Gasteiger partial charge in [0.25, 0.3) is 0 Å². The number of hydrogen-bond acceptors (Lipinski definition) is 1. The number of urea groups is 1. The fourth-order valence-corrected chi connectivity index (χ4v) is 1.83. The van der Waals surface area contributed by atoms with E-state index in [1.165, 1.54) is 0 Å². The lowest BCUT2D eigenvalue weighted by Crippen LogP contribution is -2.37. The largest absolute Gasteiger partial charge is 0.331 e. The molecule has 0 saturated heterocycles. The first-order chi connectivity index (χ1) is 6.70. The molecule has 4 heteroatoms. The predicted octanol–water partition coefficient (Wildman–Crippen LogP) is 2.93. The summed E-state index contributed by atoms with van der Waals surface area (Å²) < 4.78 is 0. The van der Waals surface area contributed by atoms with Crippen molar-refractivity contribution in [1.29, 1.82) is 0 Å². The molecule has 1 aliphatic heterocycles. The van der Waals surface area contributed by atoms with Crippen molar-refractivity contribution in [2.45, 2.75) is 19.4 Å². The van der Waals surface area contributed by atoms with Gasteiger partial charge in [-0.2, -0.15) is 0 Å². The molecule has 0 aromatic heterocycles. The Balaban J connectivity index is 2.46. The molecule has 2 amide bonds. The minimum Gasteiger partial charge on any atom is -0.331 e. The van der Waals surface area contributed by atoms with E-state index in [1.54, 1.807) is 6.07 Å². The van der Waals surface area contributed by atoms with Crippen molar-refractivity contribution < 1.29 is 4.79 Å². The number of anilines is 1. The molecule has 1 aromatic carbocycles. The van der Waals surface area contributed by atoms with E-state index in [-0.39, 0.29) is 12.1 Å². The van der Waals surface area contributed by atoms with Gasteiger partial charge in [0.1, 0.15) is 0 Å². The number of rotatable bonds is 1. The van der Waals surface area contributed by atoms with Gasteiger partial charge in [-0.1, -0.05) is 18.5 Å². The molecule has 0 saturated carbocycles. The van der Waals surface area contributed by atoms with Crippen LogP contribution in [0.2, 0.25) is 5.02 Å². The second-order valence-corrected chi connectivity index (χ2v) is 3.73. The Bertz CT molecular complexity index is 378. The van der Waals surface area contributed by atoms with E-state index in [0.717, 1.165) is 17.7 Å². The molecule has 0 radical (unpaired) electrons. The predicted molar refractivity (Wildman–Crippen MR) is 56.6 cm³/mol. The molecule has 1 heterocycles.